The number of hydrogen-bond acceptors (Lipinski definition) is 7. The molecule has 2 aromatic carbocycles. The SMILES string of the molecule is CCOc1ccc(C(=O)CC[C@](C)(O)c2cc3c(c(-c4ccc(F)c(C)c4)n2)OC[C@@]3(C)N)cc1OC. The van der Waals surface area contributed by atoms with Gasteiger partial charge in [0.2, 0.25) is 0 Å². The van der Waals surface area contributed by atoms with E-state index >= 15 is 0 Å². The third-order valence-corrected chi connectivity index (χ3v) is 6.71. The molecule has 2 heterocycles. The highest BCUT2D eigenvalue weighted by Crippen LogP contribution is 2.44. The van der Waals surface area contributed by atoms with Gasteiger partial charge in [-0.25, -0.2) is 9.37 Å². The van der Waals surface area contributed by atoms with Gasteiger partial charge in [0.05, 0.1) is 24.9 Å². The fourth-order valence-corrected chi connectivity index (χ4v) is 4.41. The number of aryl methyl sites for hydroxylation is 1. The number of ketones is 1. The maximum Gasteiger partial charge on any atom is 0.163 e. The van der Waals surface area contributed by atoms with E-state index in [1.807, 2.05) is 13.8 Å². The second-order valence-corrected chi connectivity index (χ2v) is 9.90. The van der Waals surface area contributed by atoms with Crippen molar-refractivity contribution in [3.8, 4) is 28.5 Å². The lowest BCUT2D eigenvalue weighted by Gasteiger charge is -2.25. The molecule has 0 radical (unpaired) electrons. The Morgan fingerprint density at radius 3 is 2.68 bits per heavy atom. The molecule has 3 aromatic rings. The number of nitrogens with zero attached hydrogens (tertiary/aromatic N) is 1. The van der Waals surface area contributed by atoms with E-state index in [1.165, 1.54) is 13.2 Å². The van der Waals surface area contributed by atoms with Gasteiger partial charge in [0.15, 0.2) is 23.0 Å². The van der Waals surface area contributed by atoms with E-state index < -0.39 is 11.1 Å². The van der Waals surface area contributed by atoms with Gasteiger partial charge in [0, 0.05) is 23.1 Å². The molecule has 8 heteroatoms. The van der Waals surface area contributed by atoms with Crippen LogP contribution in [0, 0.1) is 12.7 Å². The summed E-state index contributed by atoms with van der Waals surface area (Å²) >= 11 is 0. The first-order chi connectivity index (χ1) is 17.5. The molecule has 0 saturated heterocycles. The molecule has 7 nitrogen and oxygen atoms in total. The number of ether oxygens (including phenoxy) is 3. The standard InChI is InChI=1S/C29H33FN2O5/c1-6-36-23-10-8-18(14-24(23)35-5)22(33)11-12-29(4,34)25-15-20-27(37-16-28(20,3)31)26(32-25)19-7-9-21(30)17(2)13-19/h7-10,13-15,34H,6,11-12,16,31H2,1-5H3/t28-,29+/m1/s1. The summed E-state index contributed by atoms with van der Waals surface area (Å²) < 4.78 is 30.7. The number of Topliss-reactive ketones (excluding diaryl/α,β-unsaturated/α-hetero) is 1. The lowest BCUT2D eigenvalue weighted by Crippen LogP contribution is -2.35. The van der Waals surface area contributed by atoms with E-state index in [0.717, 1.165) is 0 Å². The van der Waals surface area contributed by atoms with Gasteiger partial charge in [0.25, 0.3) is 0 Å². The monoisotopic (exact) mass is 508 g/mol. The predicted molar refractivity (Wildman–Crippen MR) is 139 cm³/mol. The number of hydrogen-bond donors (Lipinski definition) is 2. The number of aromatic nitrogens is 1. The van der Waals surface area contributed by atoms with Crippen molar-refractivity contribution in [1.82, 2.24) is 4.98 Å². The zero-order valence-electron chi connectivity index (χ0n) is 21.9. The van der Waals surface area contributed by atoms with Crippen LogP contribution in [-0.2, 0) is 11.1 Å². The van der Waals surface area contributed by atoms with Crippen LogP contribution in [0.1, 0.15) is 60.8 Å². The first-order valence-corrected chi connectivity index (χ1v) is 12.3. The first kappa shape index (κ1) is 26.6. The molecule has 2 atom stereocenters. The average molecular weight is 509 g/mol. The number of carbonyl (C=O) groups excluding carboxylic acids is 1. The number of halogens is 1. The third-order valence-electron chi connectivity index (χ3n) is 6.71. The molecule has 196 valence electrons. The smallest absolute Gasteiger partial charge is 0.163 e. The molecule has 1 aliphatic rings. The van der Waals surface area contributed by atoms with Crippen molar-refractivity contribution in [2.75, 3.05) is 20.3 Å². The first-order valence-electron chi connectivity index (χ1n) is 12.3. The highest BCUT2D eigenvalue weighted by atomic mass is 19.1. The zero-order valence-corrected chi connectivity index (χ0v) is 21.9. The molecule has 37 heavy (non-hydrogen) atoms. The van der Waals surface area contributed by atoms with Crippen LogP contribution in [0.3, 0.4) is 0 Å². The van der Waals surface area contributed by atoms with Crippen molar-refractivity contribution in [2.45, 2.75) is 51.7 Å². The van der Waals surface area contributed by atoms with Gasteiger partial charge in [0.1, 0.15) is 23.7 Å². The minimum Gasteiger partial charge on any atom is -0.493 e. The number of fused-ring (bicyclic) bond motifs is 1. The summed E-state index contributed by atoms with van der Waals surface area (Å²) in [5.74, 6) is 1.09. The molecule has 0 unspecified atom stereocenters. The molecule has 3 N–H and O–H groups in total. The topological polar surface area (TPSA) is 104 Å². The van der Waals surface area contributed by atoms with Crippen LogP contribution in [0.25, 0.3) is 11.3 Å². The largest absolute Gasteiger partial charge is 0.493 e. The van der Waals surface area contributed by atoms with Crippen molar-refractivity contribution in [3.63, 3.8) is 0 Å². The number of pyridine rings is 1. The number of rotatable bonds is 9. The number of benzene rings is 2. The predicted octanol–water partition coefficient (Wildman–Crippen LogP) is 5.04. The quantitative estimate of drug-likeness (QED) is 0.390. The van der Waals surface area contributed by atoms with E-state index in [0.29, 0.717) is 57.5 Å². The molecule has 0 saturated carbocycles. The highest BCUT2D eigenvalue weighted by Gasteiger charge is 2.38. The minimum atomic E-state index is -1.44. The molecule has 0 spiro atoms. The van der Waals surface area contributed by atoms with Gasteiger partial charge >= 0.3 is 0 Å². The molecule has 0 amide bonds. The molecule has 1 aromatic heterocycles. The number of carbonyl (C=O) groups is 1. The van der Waals surface area contributed by atoms with E-state index in [-0.39, 0.29) is 31.0 Å². The molecule has 4 rings (SSSR count). The fraction of sp³-hybridized carbons (Fsp3) is 0.379. The fourth-order valence-electron chi connectivity index (χ4n) is 4.41. The Balaban J connectivity index is 1.64. The van der Waals surface area contributed by atoms with Crippen LogP contribution in [0.4, 0.5) is 4.39 Å². The van der Waals surface area contributed by atoms with E-state index in [2.05, 4.69) is 0 Å². The average Bonchev–Trinajstić information content (AvgIpc) is 3.18. The van der Waals surface area contributed by atoms with Crippen LogP contribution in [0.15, 0.2) is 42.5 Å². The Hall–Kier alpha value is -3.49. The molecular weight excluding hydrogens is 475 g/mol. The van der Waals surface area contributed by atoms with Crippen LogP contribution < -0.4 is 19.9 Å². The van der Waals surface area contributed by atoms with Crippen LogP contribution >= 0.6 is 0 Å². The number of nitrogens with two attached hydrogens (primary N) is 1. The van der Waals surface area contributed by atoms with Gasteiger partial charge in [-0.05, 0) is 82.1 Å². The summed E-state index contributed by atoms with van der Waals surface area (Å²) in [7, 11) is 1.52. The molecule has 0 fully saturated rings. The number of aliphatic hydroxyl groups is 1. The van der Waals surface area contributed by atoms with Crippen molar-refractivity contribution < 1.29 is 28.5 Å². The van der Waals surface area contributed by atoms with Gasteiger partial charge in [-0.2, -0.15) is 0 Å². The van der Waals surface area contributed by atoms with E-state index in [4.69, 9.17) is 24.9 Å². The van der Waals surface area contributed by atoms with Crippen molar-refractivity contribution in [1.29, 1.82) is 0 Å². The normalized spacial score (nSPS) is 18.1. The maximum absolute atomic E-state index is 13.9. The minimum absolute atomic E-state index is 0.0737. The molecular formula is C29H33FN2O5. The zero-order chi connectivity index (χ0) is 27.0. The van der Waals surface area contributed by atoms with Gasteiger partial charge < -0.3 is 25.1 Å². The summed E-state index contributed by atoms with van der Waals surface area (Å²) in [5, 5.41) is 11.5. The summed E-state index contributed by atoms with van der Waals surface area (Å²) in [6.45, 7) is 7.74. The van der Waals surface area contributed by atoms with Gasteiger partial charge in [-0.15, -0.1) is 0 Å². The summed E-state index contributed by atoms with van der Waals surface area (Å²) in [6, 6.07) is 11.5. The van der Waals surface area contributed by atoms with Crippen molar-refractivity contribution in [3.05, 3.63) is 70.7 Å². The molecule has 0 bridgehead atoms. The highest BCUT2D eigenvalue weighted by molar-refractivity contribution is 5.96. The lowest BCUT2D eigenvalue weighted by molar-refractivity contribution is 0.0396. The van der Waals surface area contributed by atoms with Crippen LogP contribution in [0.2, 0.25) is 0 Å². The summed E-state index contributed by atoms with van der Waals surface area (Å²) in [4.78, 5) is 17.7. The second-order valence-electron chi connectivity index (χ2n) is 9.90. The Morgan fingerprint density at radius 1 is 1.24 bits per heavy atom. The van der Waals surface area contributed by atoms with Crippen molar-refractivity contribution >= 4 is 5.78 Å². The van der Waals surface area contributed by atoms with E-state index in [9.17, 15) is 14.3 Å². The molecule has 1 aliphatic heterocycles. The van der Waals surface area contributed by atoms with Crippen molar-refractivity contribution in [2.24, 2.45) is 5.73 Å². The second kappa shape index (κ2) is 10.1. The van der Waals surface area contributed by atoms with Crippen LogP contribution in [-0.4, -0.2) is 36.2 Å². The Morgan fingerprint density at radius 2 is 2.00 bits per heavy atom. The Bertz CT molecular complexity index is 1340. The Kier molecular flexibility index (Phi) is 7.26. The third kappa shape index (κ3) is 5.31. The Labute approximate surface area is 216 Å². The summed E-state index contributed by atoms with van der Waals surface area (Å²) in [6.07, 6.45) is 0.196. The number of methoxy groups -OCH3 is 1. The molecule has 0 aliphatic carbocycles. The van der Waals surface area contributed by atoms with Gasteiger partial charge in [-0.3, -0.25) is 4.79 Å². The maximum atomic E-state index is 13.9. The van der Waals surface area contributed by atoms with Crippen LogP contribution in [0.5, 0.6) is 17.2 Å². The van der Waals surface area contributed by atoms with Gasteiger partial charge in [-0.1, -0.05) is 0 Å². The lowest BCUT2D eigenvalue weighted by atomic mass is 9.88. The summed E-state index contributed by atoms with van der Waals surface area (Å²) in [5.41, 5.74) is 7.39. The van der Waals surface area contributed by atoms with E-state index in [1.54, 1.807) is 50.2 Å².